The summed E-state index contributed by atoms with van der Waals surface area (Å²) in [6.45, 7) is 2.25. The fourth-order valence-electron chi connectivity index (χ4n) is 2.31. The van der Waals surface area contributed by atoms with Gasteiger partial charge < -0.3 is 39.6 Å². The Bertz CT molecular complexity index is 462. The Balaban J connectivity index is 2.30. The van der Waals surface area contributed by atoms with Gasteiger partial charge >= 0.3 is 0 Å². The Morgan fingerprint density at radius 1 is 1.19 bits per heavy atom. The molecule has 0 aromatic heterocycles. The van der Waals surface area contributed by atoms with Crippen LogP contribution in [0.2, 0.25) is 0 Å². The van der Waals surface area contributed by atoms with Crippen molar-refractivity contribution < 1.29 is 39.1 Å². The number of hydrogen-bond donors (Lipinski definition) is 4. The molecule has 12 nitrogen and oxygen atoms in total. The summed E-state index contributed by atoms with van der Waals surface area (Å²) in [6.07, 6.45) is -4.76. The number of nitrogens with one attached hydrogen (secondary N) is 1. The molecule has 1 aliphatic rings. The number of aliphatic hydroxyl groups is 3. The van der Waals surface area contributed by atoms with Gasteiger partial charge in [-0.1, -0.05) is 5.11 Å². The first-order valence-electron chi connectivity index (χ1n) is 8.18. The van der Waals surface area contributed by atoms with E-state index in [-0.39, 0.29) is 19.8 Å². The van der Waals surface area contributed by atoms with Crippen LogP contribution in [0.1, 0.15) is 6.92 Å². The fourth-order valence-corrected chi connectivity index (χ4v) is 2.31. The minimum absolute atomic E-state index is 0.0977. The van der Waals surface area contributed by atoms with Crippen LogP contribution in [0.25, 0.3) is 10.4 Å². The molecule has 0 bridgehead atoms. The van der Waals surface area contributed by atoms with Crippen LogP contribution in [0.5, 0.6) is 0 Å². The molecule has 26 heavy (non-hydrogen) atoms. The standard InChI is InChI=1S/C14H26N4O8/c1-9(20)17-11-13(22)12(21)10(8-19)26-14(11)25-7-6-24-5-4-23-3-2-16-18-15/h10-14,19,21-22H,2-8H2,1H3,(H,17,20)/t10-,11-,12+,13-,14+/m0/s1. The van der Waals surface area contributed by atoms with E-state index in [4.69, 9.17) is 24.5 Å². The maximum atomic E-state index is 11.3. The smallest absolute Gasteiger partial charge is 0.217 e. The van der Waals surface area contributed by atoms with Gasteiger partial charge in [0.2, 0.25) is 5.91 Å². The molecule has 1 rings (SSSR count). The summed E-state index contributed by atoms with van der Waals surface area (Å²) in [4.78, 5) is 13.9. The predicted octanol–water partition coefficient (Wildman–Crippen LogP) is -1.71. The third-order valence-corrected chi connectivity index (χ3v) is 3.53. The van der Waals surface area contributed by atoms with Crippen LogP contribution in [0.4, 0.5) is 0 Å². The zero-order valence-corrected chi connectivity index (χ0v) is 14.6. The van der Waals surface area contributed by atoms with Crippen LogP contribution < -0.4 is 5.32 Å². The molecule has 1 saturated heterocycles. The van der Waals surface area contributed by atoms with E-state index in [0.717, 1.165) is 0 Å². The molecule has 12 heteroatoms. The molecule has 0 spiro atoms. The van der Waals surface area contributed by atoms with Crippen molar-refractivity contribution in [2.75, 3.05) is 46.2 Å². The lowest BCUT2D eigenvalue weighted by molar-refractivity contribution is -0.272. The van der Waals surface area contributed by atoms with Crippen molar-refractivity contribution in [3.05, 3.63) is 10.4 Å². The molecule has 1 heterocycles. The minimum Gasteiger partial charge on any atom is -0.394 e. The first-order valence-corrected chi connectivity index (χ1v) is 8.18. The molecule has 1 fully saturated rings. The molecule has 1 amide bonds. The number of carbonyl (C=O) groups is 1. The molecule has 0 radical (unpaired) electrons. The Morgan fingerprint density at radius 2 is 1.85 bits per heavy atom. The molecule has 0 saturated carbocycles. The number of carbonyl (C=O) groups excluding carboxylic acids is 1. The lowest BCUT2D eigenvalue weighted by Crippen LogP contribution is -2.64. The van der Waals surface area contributed by atoms with Crippen molar-refractivity contribution in [1.82, 2.24) is 5.32 Å². The SMILES string of the molecule is CC(=O)N[C@@H]1[C@H](OCCOCCOCCN=[N+]=[N-])O[C@@H](CO)[C@@H](O)[C@H]1O. The lowest BCUT2D eigenvalue weighted by Gasteiger charge is -2.42. The Kier molecular flexibility index (Phi) is 11.1. The highest BCUT2D eigenvalue weighted by Crippen LogP contribution is 2.22. The number of aliphatic hydroxyl groups excluding tert-OH is 3. The Hall–Kier alpha value is -1.50. The summed E-state index contributed by atoms with van der Waals surface area (Å²) >= 11 is 0. The van der Waals surface area contributed by atoms with Crippen molar-refractivity contribution in [1.29, 1.82) is 0 Å². The van der Waals surface area contributed by atoms with E-state index in [1.165, 1.54) is 6.92 Å². The number of nitrogens with zero attached hydrogens (tertiary/aromatic N) is 3. The number of azide groups is 1. The summed E-state index contributed by atoms with van der Waals surface area (Å²) in [5.74, 6) is -0.421. The van der Waals surface area contributed by atoms with E-state index < -0.39 is 43.2 Å². The third-order valence-electron chi connectivity index (χ3n) is 3.53. The third kappa shape index (κ3) is 7.81. The topological polar surface area (TPSA) is 175 Å². The largest absolute Gasteiger partial charge is 0.394 e. The van der Waals surface area contributed by atoms with Crippen molar-refractivity contribution in [2.45, 2.75) is 37.6 Å². The predicted molar refractivity (Wildman–Crippen MR) is 87.0 cm³/mol. The molecular formula is C14H26N4O8. The summed E-state index contributed by atoms with van der Waals surface area (Å²) in [5.41, 5.74) is 8.09. The second kappa shape index (κ2) is 12.8. The summed E-state index contributed by atoms with van der Waals surface area (Å²) in [7, 11) is 0. The van der Waals surface area contributed by atoms with Crippen LogP contribution >= 0.6 is 0 Å². The van der Waals surface area contributed by atoms with E-state index in [9.17, 15) is 20.1 Å². The Morgan fingerprint density at radius 3 is 2.46 bits per heavy atom. The van der Waals surface area contributed by atoms with E-state index in [1.54, 1.807) is 0 Å². The second-order valence-corrected chi connectivity index (χ2v) is 5.48. The molecule has 150 valence electrons. The average Bonchev–Trinajstić information content (AvgIpc) is 2.62. The van der Waals surface area contributed by atoms with Gasteiger partial charge in [0, 0.05) is 18.4 Å². The van der Waals surface area contributed by atoms with E-state index in [0.29, 0.717) is 19.8 Å². The monoisotopic (exact) mass is 378 g/mol. The molecule has 0 unspecified atom stereocenters. The van der Waals surface area contributed by atoms with E-state index in [1.807, 2.05) is 0 Å². The molecule has 0 aromatic carbocycles. The van der Waals surface area contributed by atoms with Gasteiger partial charge in [-0.2, -0.15) is 0 Å². The summed E-state index contributed by atoms with van der Waals surface area (Å²) in [6, 6.07) is -0.977. The summed E-state index contributed by atoms with van der Waals surface area (Å²) < 4.78 is 21.3. The molecule has 1 aliphatic heterocycles. The highest BCUT2D eigenvalue weighted by atomic mass is 16.7. The highest BCUT2D eigenvalue weighted by Gasteiger charge is 2.45. The average molecular weight is 378 g/mol. The minimum atomic E-state index is -1.35. The fraction of sp³-hybridized carbons (Fsp3) is 0.929. The highest BCUT2D eigenvalue weighted by molar-refractivity contribution is 5.73. The van der Waals surface area contributed by atoms with Crippen LogP contribution in [-0.2, 0) is 23.7 Å². The quantitative estimate of drug-likeness (QED) is 0.134. The first kappa shape index (κ1) is 22.5. The molecule has 0 aromatic rings. The van der Waals surface area contributed by atoms with Gasteiger partial charge in [0.1, 0.15) is 24.4 Å². The summed E-state index contributed by atoms with van der Waals surface area (Å²) in [5, 5.41) is 35.0. The number of amides is 1. The maximum Gasteiger partial charge on any atom is 0.217 e. The van der Waals surface area contributed by atoms with Crippen LogP contribution in [-0.4, -0.2) is 98.1 Å². The lowest BCUT2D eigenvalue weighted by atomic mass is 9.97. The van der Waals surface area contributed by atoms with Crippen molar-refractivity contribution >= 4 is 5.91 Å². The molecular weight excluding hydrogens is 352 g/mol. The van der Waals surface area contributed by atoms with Gasteiger partial charge in [0.15, 0.2) is 6.29 Å². The number of rotatable bonds is 12. The van der Waals surface area contributed by atoms with Gasteiger partial charge in [-0.3, -0.25) is 4.79 Å². The van der Waals surface area contributed by atoms with Crippen LogP contribution in [0, 0.1) is 0 Å². The second-order valence-electron chi connectivity index (χ2n) is 5.48. The van der Waals surface area contributed by atoms with Gasteiger partial charge in [-0.25, -0.2) is 0 Å². The zero-order chi connectivity index (χ0) is 19.4. The number of ether oxygens (including phenoxy) is 4. The first-order chi connectivity index (χ1) is 12.5. The maximum absolute atomic E-state index is 11.3. The van der Waals surface area contributed by atoms with Crippen LogP contribution in [0.3, 0.4) is 0 Å². The van der Waals surface area contributed by atoms with E-state index in [2.05, 4.69) is 15.3 Å². The number of hydrogen-bond acceptors (Lipinski definition) is 9. The van der Waals surface area contributed by atoms with Crippen molar-refractivity contribution in [3.8, 4) is 0 Å². The van der Waals surface area contributed by atoms with Crippen LogP contribution in [0.15, 0.2) is 5.11 Å². The normalized spacial score (nSPS) is 28.4. The molecule has 5 atom stereocenters. The van der Waals surface area contributed by atoms with Gasteiger partial charge in [0.25, 0.3) is 0 Å². The Labute approximate surface area is 150 Å². The zero-order valence-electron chi connectivity index (χ0n) is 14.6. The van der Waals surface area contributed by atoms with Gasteiger partial charge in [0.05, 0.1) is 39.6 Å². The van der Waals surface area contributed by atoms with Crippen molar-refractivity contribution in [2.24, 2.45) is 5.11 Å². The molecule has 0 aliphatic carbocycles. The van der Waals surface area contributed by atoms with Gasteiger partial charge in [-0.15, -0.1) is 0 Å². The van der Waals surface area contributed by atoms with Crippen molar-refractivity contribution in [3.63, 3.8) is 0 Å². The van der Waals surface area contributed by atoms with Gasteiger partial charge in [-0.05, 0) is 5.53 Å². The van der Waals surface area contributed by atoms with E-state index >= 15 is 0 Å². The molecule has 4 N–H and O–H groups in total.